The third-order valence-electron chi connectivity index (χ3n) is 9.40. The van der Waals surface area contributed by atoms with E-state index in [1.165, 1.54) is 14.0 Å². The Morgan fingerprint density at radius 3 is 2.46 bits per heavy atom. The molecule has 2 aliphatic rings. The summed E-state index contributed by atoms with van der Waals surface area (Å²) in [5.41, 5.74) is 0.928. The number of ether oxygens (including phenoxy) is 2. The van der Waals surface area contributed by atoms with Crippen LogP contribution >= 0.6 is 0 Å². The van der Waals surface area contributed by atoms with E-state index in [4.69, 9.17) is 9.47 Å². The Morgan fingerprint density at radius 2 is 1.81 bits per heavy atom. The topological polar surface area (TPSA) is 129 Å². The Hall–Kier alpha value is -4.10. The number of aliphatic hydroxyl groups excluding tert-OH is 2. The van der Waals surface area contributed by atoms with Crippen molar-refractivity contribution in [2.24, 2.45) is 5.92 Å². The van der Waals surface area contributed by atoms with Crippen molar-refractivity contribution in [1.82, 2.24) is 4.90 Å². The third-order valence-corrected chi connectivity index (χ3v) is 11.9. The smallest absolute Gasteiger partial charge is 0.264 e. The fraction of sp³-hybridized carbons (Fsp3) is 0.417. The lowest BCUT2D eigenvalue weighted by Crippen LogP contribution is -2.45. The van der Waals surface area contributed by atoms with Gasteiger partial charge in [0.05, 0.1) is 38.5 Å². The van der Waals surface area contributed by atoms with Crippen molar-refractivity contribution in [3.8, 4) is 5.75 Å². The molecule has 5 atom stereocenters. The molecule has 2 heterocycles. The van der Waals surface area contributed by atoms with Crippen LogP contribution in [0.4, 0.5) is 15.5 Å². The van der Waals surface area contributed by atoms with E-state index < -0.39 is 43.6 Å². The molecule has 0 bridgehead atoms. The van der Waals surface area contributed by atoms with E-state index in [0.717, 1.165) is 5.56 Å². The van der Waals surface area contributed by atoms with E-state index in [9.17, 15) is 24.6 Å². The van der Waals surface area contributed by atoms with Crippen molar-refractivity contribution < 1.29 is 38.2 Å². The van der Waals surface area contributed by atoms with Crippen LogP contribution in [-0.4, -0.2) is 73.7 Å². The minimum atomic E-state index is -3.55. The molecule has 10 nitrogen and oxygen atoms in total. The van der Waals surface area contributed by atoms with Crippen LogP contribution < -0.4 is 15.0 Å². The number of aliphatic hydroxyl groups is 2. The Bertz CT molecular complexity index is 1650. The summed E-state index contributed by atoms with van der Waals surface area (Å²) in [5, 5.41) is 22.1. The molecule has 1 saturated heterocycles. The molecule has 0 radical (unpaired) electrons. The standard InChI is InChI=1S/C36H44FN3O7Si/c1-23-33(48(4,5)37)31(20-32(43)39(16-17-41)21-25-10-7-6-8-11-25)47-36(23)29-19-28(46-3)14-15-30(29)40(35(36)45)22-26-12-9-13-27(18-26)38-34(44)24(2)42/h6-15,18-19,23-24,31,33,41-42H,16-17,20-22H2,1-5H3,(H,38,44)/t23-,24+,31+,33-,36+/m1/s1. The first-order chi connectivity index (χ1) is 22.8. The van der Waals surface area contributed by atoms with E-state index in [2.05, 4.69) is 5.32 Å². The molecule has 3 N–H and O–H groups in total. The third kappa shape index (κ3) is 6.88. The Kier molecular flexibility index (Phi) is 10.4. The number of rotatable bonds is 12. The van der Waals surface area contributed by atoms with Gasteiger partial charge in [0, 0.05) is 35.8 Å². The molecule has 1 spiro atoms. The monoisotopic (exact) mass is 677 g/mol. The van der Waals surface area contributed by atoms with Gasteiger partial charge in [-0.2, -0.15) is 0 Å². The zero-order chi connectivity index (χ0) is 34.8. The number of anilines is 2. The lowest BCUT2D eigenvalue weighted by atomic mass is 9.82. The maximum Gasteiger partial charge on any atom is 0.264 e. The molecule has 0 unspecified atom stereocenters. The second-order valence-corrected chi connectivity index (χ2v) is 16.9. The molecule has 0 saturated carbocycles. The van der Waals surface area contributed by atoms with Crippen molar-refractivity contribution in [2.45, 2.75) is 69.8 Å². The number of fused-ring (bicyclic) bond motifs is 2. The highest BCUT2D eigenvalue weighted by Gasteiger charge is 2.67. The van der Waals surface area contributed by atoms with Crippen LogP contribution in [0.25, 0.3) is 0 Å². The van der Waals surface area contributed by atoms with E-state index in [0.29, 0.717) is 28.3 Å². The number of nitrogens with one attached hydrogen (secondary N) is 1. The molecular formula is C36H44FN3O7Si. The average Bonchev–Trinajstić information content (AvgIpc) is 3.47. The fourth-order valence-corrected chi connectivity index (χ4v) is 9.70. The van der Waals surface area contributed by atoms with Crippen molar-refractivity contribution >= 4 is 37.5 Å². The van der Waals surface area contributed by atoms with Gasteiger partial charge in [-0.1, -0.05) is 49.4 Å². The van der Waals surface area contributed by atoms with Crippen LogP contribution in [0, 0.1) is 5.92 Å². The minimum absolute atomic E-state index is 0.103. The number of nitrogens with zero attached hydrogens (tertiary/aromatic N) is 2. The van der Waals surface area contributed by atoms with Crippen LogP contribution in [0.2, 0.25) is 18.6 Å². The number of hydrogen-bond donors (Lipinski definition) is 3. The predicted molar refractivity (Wildman–Crippen MR) is 183 cm³/mol. The molecule has 3 aromatic carbocycles. The summed E-state index contributed by atoms with van der Waals surface area (Å²) >= 11 is 0. The summed E-state index contributed by atoms with van der Waals surface area (Å²) in [4.78, 5) is 43.8. The average molecular weight is 678 g/mol. The van der Waals surface area contributed by atoms with Gasteiger partial charge >= 0.3 is 0 Å². The van der Waals surface area contributed by atoms with E-state index in [1.807, 2.05) is 43.3 Å². The molecule has 5 rings (SSSR count). The maximum atomic E-state index is 16.4. The minimum Gasteiger partial charge on any atom is -0.497 e. The van der Waals surface area contributed by atoms with Gasteiger partial charge in [-0.25, -0.2) is 0 Å². The molecule has 48 heavy (non-hydrogen) atoms. The van der Waals surface area contributed by atoms with Crippen LogP contribution in [0.5, 0.6) is 5.75 Å². The van der Waals surface area contributed by atoms with Crippen molar-refractivity contribution in [1.29, 1.82) is 0 Å². The number of halogens is 1. The Balaban J connectivity index is 1.50. The van der Waals surface area contributed by atoms with Gasteiger partial charge in [-0.3, -0.25) is 14.4 Å². The molecule has 0 aliphatic carbocycles. The van der Waals surface area contributed by atoms with Crippen molar-refractivity contribution in [2.75, 3.05) is 30.5 Å². The summed E-state index contributed by atoms with van der Waals surface area (Å²) in [6.45, 7) is 6.64. The first-order valence-corrected chi connectivity index (χ1v) is 19.1. The lowest BCUT2D eigenvalue weighted by molar-refractivity contribution is -0.150. The van der Waals surface area contributed by atoms with Gasteiger partial charge in [0.1, 0.15) is 11.9 Å². The van der Waals surface area contributed by atoms with E-state index in [1.54, 1.807) is 59.3 Å². The quantitative estimate of drug-likeness (QED) is 0.187. The van der Waals surface area contributed by atoms with E-state index >= 15 is 4.11 Å². The molecule has 256 valence electrons. The largest absolute Gasteiger partial charge is 0.497 e. The van der Waals surface area contributed by atoms with Crippen LogP contribution in [0.15, 0.2) is 72.8 Å². The molecular weight excluding hydrogens is 633 g/mol. The number of carbonyl (C=O) groups is 3. The second-order valence-electron chi connectivity index (χ2n) is 13.1. The number of hydrogen-bond acceptors (Lipinski definition) is 7. The SMILES string of the molecule is COc1ccc2c(c1)[C@]1(O[C@@H](CC(=O)N(CCO)Cc3ccccc3)[C@H]([Si](C)(C)F)[C@H]1C)C(=O)N2Cc1cccc(NC(=O)[C@H](C)O)c1. The number of carbonyl (C=O) groups excluding carboxylic acids is 3. The highest BCUT2D eigenvalue weighted by molar-refractivity contribution is 6.72. The van der Waals surface area contributed by atoms with E-state index in [-0.39, 0.29) is 44.5 Å². The molecule has 12 heteroatoms. The Labute approximate surface area is 281 Å². The molecule has 3 amide bonds. The van der Waals surface area contributed by atoms with Gasteiger partial charge in [0.15, 0.2) is 5.60 Å². The summed E-state index contributed by atoms with van der Waals surface area (Å²) in [6, 6.07) is 21.7. The Morgan fingerprint density at radius 1 is 1.10 bits per heavy atom. The molecule has 3 aromatic rings. The first kappa shape index (κ1) is 35.2. The lowest BCUT2D eigenvalue weighted by Gasteiger charge is -2.31. The maximum absolute atomic E-state index is 16.4. The van der Waals surface area contributed by atoms with Gasteiger partial charge in [-0.05, 0) is 61.5 Å². The highest BCUT2D eigenvalue weighted by Crippen LogP contribution is 2.60. The summed E-state index contributed by atoms with van der Waals surface area (Å²) in [5.74, 6) is -1.34. The number of benzene rings is 3. The van der Waals surface area contributed by atoms with Crippen LogP contribution in [0.1, 0.15) is 37.0 Å². The second kappa shape index (κ2) is 14.2. The fourth-order valence-electron chi connectivity index (χ4n) is 7.20. The number of methoxy groups -OCH3 is 1. The van der Waals surface area contributed by atoms with Crippen molar-refractivity contribution in [3.63, 3.8) is 0 Å². The zero-order valence-electron chi connectivity index (χ0n) is 28.0. The van der Waals surface area contributed by atoms with Gasteiger partial charge in [0.25, 0.3) is 11.8 Å². The highest BCUT2D eigenvalue weighted by atomic mass is 28.4. The summed E-state index contributed by atoms with van der Waals surface area (Å²) in [6.07, 6.45) is -2.23. The van der Waals surface area contributed by atoms with Gasteiger partial charge in [0.2, 0.25) is 14.3 Å². The summed E-state index contributed by atoms with van der Waals surface area (Å²) < 4.78 is 28.7. The molecule has 0 aromatic heterocycles. The summed E-state index contributed by atoms with van der Waals surface area (Å²) in [7, 11) is -2.02. The van der Waals surface area contributed by atoms with Crippen molar-refractivity contribution in [3.05, 3.63) is 89.5 Å². The van der Waals surface area contributed by atoms with Crippen LogP contribution in [-0.2, 0) is 37.8 Å². The van der Waals surface area contributed by atoms with Gasteiger partial charge < -0.3 is 38.9 Å². The molecule has 2 aliphatic heterocycles. The normalized spacial score (nSPS) is 22.5. The predicted octanol–water partition coefficient (Wildman–Crippen LogP) is 4.75. The van der Waals surface area contributed by atoms with Crippen LogP contribution in [0.3, 0.4) is 0 Å². The molecule has 1 fully saturated rings. The number of amides is 3. The zero-order valence-corrected chi connectivity index (χ0v) is 29.0. The first-order valence-electron chi connectivity index (χ1n) is 16.2. The van der Waals surface area contributed by atoms with Gasteiger partial charge in [-0.15, -0.1) is 0 Å².